The Morgan fingerprint density at radius 3 is 2.54 bits per heavy atom. The van der Waals surface area contributed by atoms with Gasteiger partial charge in [-0.25, -0.2) is 0 Å². The van der Waals surface area contributed by atoms with Crippen LogP contribution in [0.2, 0.25) is 0 Å². The highest BCUT2D eigenvalue weighted by Gasteiger charge is 2.35. The summed E-state index contributed by atoms with van der Waals surface area (Å²) in [4.78, 5) is 15.0. The Morgan fingerprint density at radius 1 is 1.04 bits per heavy atom. The first-order chi connectivity index (χ1) is 11.7. The average molecular weight is 432 g/mol. The fourth-order valence-electron chi connectivity index (χ4n) is 4.08. The van der Waals surface area contributed by atoms with E-state index in [9.17, 15) is 4.79 Å². The van der Waals surface area contributed by atoms with Crippen molar-refractivity contribution < 1.29 is 4.79 Å². The Hall–Kier alpha value is -1.40. The molecule has 2 aromatic rings. The van der Waals surface area contributed by atoms with Crippen molar-refractivity contribution in [2.45, 2.75) is 37.8 Å². The third-order valence-corrected chi connectivity index (χ3v) is 5.82. The number of hydrogen-bond donors (Lipinski definition) is 1. The molecule has 2 aromatic carbocycles. The minimum atomic E-state index is 0.0998. The second kappa shape index (κ2) is 6.84. The van der Waals surface area contributed by atoms with Crippen LogP contribution in [0.1, 0.15) is 42.9 Å². The van der Waals surface area contributed by atoms with Crippen molar-refractivity contribution in [3.05, 3.63) is 63.2 Å². The minimum Gasteiger partial charge on any atom is -0.325 e. The van der Waals surface area contributed by atoms with E-state index < -0.39 is 0 Å². The number of amides is 1. The third-order valence-electron chi connectivity index (χ3n) is 5.15. The number of carbonyl (C=O) groups is 1. The molecule has 0 radical (unpaired) electrons. The molecule has 0 bridgehead atoms. The smallest absolute Gasteiger partial charge is 0.238 e. The summed E-state index contributed by atoms with van der Waals surface area (Å²) in [6.07, 6.45) is 4.92. The summed E-state index contributed by atoms with van der Waals surface area (Å²) < 4.78 is 1.20. The van der Waals surface area contributed by atoms with Crippen LogP contribution >= 0.6 is 22.6 Å². The number of hydrogen-bond acceptors (Lipinski definition) is 2. The maximum absolute atomic E-state index is 12.5. The lowest BCUT2D eigenvalue weighted by Gasteiger charge is -2.35. The van der Waals surface area contributed by atoms with Crippen molar-refractivity contribution in [2.75, 3.05) is 11.9 Å². The molecule has 1 atom stereocenters. The molecule has 0 unspecified atom stereocenters. The normalized spacial score (nSPS) is 22.0. The summed E-state index contributed by atoms with van der Waals surface area (Å²) in [6.45, 7) is 0.468. The summed E-state index contributed by atoms with van der Waals surface area (Å²) in [7, 11) is 0. The number of halogens is 1. The van der Waals surface area contributed by atoms with E-state index in [-0.39, 0.29) is 11.9 Å². The number of anilines is 1. The first-order valence-electron chi connectivity index (χ1n) is 8.62. The van der Waals surface area contributed by atoms with Crippen LogP contribution in [-0.4, -0.2) is 23.4 Å². The van der Waals surface area contributed by atoms with Gasteiger partial charge >= 0.3 is 0 Å². The lowest BCUT2D eigenvalue weighted by atomic mass is 9.94. The minimum absolute atomic E-state index is 0.0998. The standard InChI is InChI=1S/C20H21IN2O/c21-15-10-11-18-17(12-15)20(14-6-2-1-3-7-14)23(13-19(24)22-18)16-8-4-5-9-16/h1-3,6-7,10-12,16,20H,4-5,8-9,13H2,(H,22,24)/t20-/m0/s1. The summed E-state index contributed by atoms with van der Waals surface area (Å²) in [5, 5.41) is 3.12. The highest BCUT2D eigenvalue weighted by Crippen LogP contribution is 2.40. The fraction of sp³-hybridized carbons (Fsp3) is 0.350. The molecule has 1 fully saturated rings. The van der Waals surface area contributed by atoms with Crippen LogP contribution in [0.5, 0.6) is 0 Å². The molecular weight excluding hydrogens is 411 g/mol. The highest BCUT2D eigenvalue weighted by atomic mass is 127. The molecule has 4 rings (SSSR count). The number of nitrogens with one attached hydrogen (secondary N) is 1. The predicted molar refractivity (Wildman–Crippen MR) is 105 cm³/mol. The van der Waals surface area contributed by atoms with Crippen LogP contribution in [0.4, 0.5) is 5.69 Å². The van der Waals surface area contributed by atoms with Gasteiger partial charge in [0.05, 0.1) is 12.6 Å². The van der Waals surface area contributed by atoms with Gasteiger partial charge in [-0.1, -0.05) is 43.2 Å². The predicted octanol–water partition coefficient (Wildman–Crippen LogP) is 4.58. The van der Waals surface area contributed by atoms with Gasteiger partial charge < -0.3 is 5.32 Å². The van der Waals surface area contributed by atoms with Crippen molar-refractivity contribution >= 4 is 34.2 Å². The summed E-state index contributed by atoms with van der Waals surface area (Å²) >= 11 is 2.36. The van der Waals surface area contributed by atoms with Crippen molar-refractivity contribution in [1.29, 1.82) is 0 Å². The molecule has 2 aliphatic rings. The van der Waals surface area contributed by atoms with Crippen molar-refractivity contribution in [2.24, 2.45) is 0 Å². The van der Waals surface area contributed by atoms with E-state index in [2.05, 4.69) is 75.3 Å². The highest BCUT2D eigenvalue weighted by molar-refractivity contribution is 14.1. The number of nitrogens with zero attached hydrogens (tertiary/aromatic N) is 1. The molecule has 4 heteroatoms. The van der Waals surface area contributed by atoms with Gasteiger partial charge in [0.2, 0.25) is 5.91 Å². The molecule has 1 aliphatic heterocycles. The molecule has 1 amide bonds. The van der Waals surface area contributed by atoms with E-state index in [0.717, 1.165) is 5.69 Å². The van der Waals surface area contributed by atoms with E-state index in [0.29, 0.717) is 12.6 Å². The molecule has 0 saturated heterocycles. The van der Waals surface area contributed by atoms with Crippen molar-refractivity contribution in [3.8, 4) is 0 Å². The fourth-order valence-corrected chi connectivity index (χ4v) is 4.60. The van der Waals surface area contributed by atoms with Crippen LogP contribution in [0.25, 0.3) is 0 Å². The van der Waals surface area contributed by atoms with Crippen LogP contribution < -0.4 is 5.32 Å². The van der Waals surface area contributed by atoms with Gasteiger partial charge in [-0.15, -0.1) is 0 Å². The zero-order chi connectivity index (χ0) is 16.5. The molecule has 1 heterocycles. The average Bonchev–Trinajstić information content (AvgIpc) is 3.07. The molecular formula is C20H21IN2O. The molecule has 1 aliphatic carbocycles. The van der Waals surface area contributed by atoms with E-state index in [1.807, 2.05) is 6.07 Å². The largest absolute Gasteiger partial charge is 0.325 e. The second-order valence-corrected chi connectivity index (χ2v) is 7.95. The van der Waals surface area contributed by atoms with E-state index in [1.165, 1.54) is 40.4 Å². The van der Waals surface area contributed by atoms with E-state index in [4.69, 9.17) is 0 Å². The Bertz CT molecular complexity index is 741. The van der Waals surface area contributed by atoms with Crippen LogP contribution in [0, 0.1) is 3.57 Å². The first kappa shape index (κ1) is 16.1. The zero-order valence-corrected chi connectivity index (χ0v) is 15.7. The quantitative estimate of drug-likeness (QED) is 0.705. The zero-order valence-electron chi connectivity index (χ0n) is 13.5. The Kier molecular flexibility index (Phi) is 4.59. The number of rotatable bonds is 2. The Morgan fingerprint density at radius 2 is 1.79 bits per heavy atom. The number of benzene rings is 2. The lowest BCUT2D eigenvalue weighted by Crippen LogP contribution is -2.40. The molecule has 0 spiro atoms. The number of carbonyl (C=O) groups excluding carboxylic acids is 1. The lowest BCUT2D eigenvalue weighted by molar-refractivity contribution is -0.118. The van der Waals surface area contributed by atoms with Gasteiger partial charge in [0.25, 0.3) is 0 Å². The summed E-state index contributed by atoms with van der Waals surface area (Å²) in [5.41, 5.74) is 3.43. The van der Waals surface area contributed by atoms with Crippen molar-refractivity contribution in [1.82, 2.24) is 4.90 Å². The maximum Gasteiger partial charge on any atom is 0.238 e. The van der Waals surface area contributed by atoms with Crippen LogP contribution in [0.15, 0.2) is 48.5 Å². The van der Waals surface area contributed by atoms with Crippen molar-refractivity contribution in [3.63, 3.8) is 0 Å². The number of fused-ring (bicyclic) bond motifs is 1. The monoisotopic (exact) mass is 432 g/mol. The summed E-state index contributed by atoms with van der Waals surface area (Å²) in [5.74, 6) is 0.0998. The van der Waals surface area contributed by atoms with Gasteiger partial charge in [0.1, 0.15) is 0 Å². The van der Waals surface area contributed by atoms with Crippen LogP contribution in [-0.2, 0) is 4.79 Å². The van der Waals surface area contributed by atoms with Gasteiger partial charge in [-0.3, -0.25) is 9.69 Å². The second-order valence-electron chi connectivity index (χ2n) is 6.70. The van der Waals surface area contributed by atoms with Gasteiger partial charge in [0.15, 0.2) is 0 Å². The Balaban J connectivity index is 1.87. The van der Waals surface area contributed by atoms with Gasteiger partial charge in [0, 0.05) is 15.3 Å². The Labute approximate surface area is 156 Å². The topological polar surface area (TPSA) is 32.3 Å². The van der Waals surface area contributed by atoms with E-state index in [1.54, 1.807) is 0 Å². The first-order valence-corrected chi connectivity index (χ1v) is 9.70. The SMILES string of the molecule is O=C1CN(C2CCCC2)[C@@H](c2ccccc2)c2cc(I)ccc2N1. The third kappa shape index (κ3) is 3.09. The molecule has 3 nitrogen and oxygen atoms in total. The maximum atomic E-state index is 12.5. The van der Waals surface area contributed by atoms with E-state index >= 15 is 0 Å². The molecule has 1 N–H and O–H groups in total. The summed E-state index contributed by atoms with van der Waals surface area (Å²) in [6, 6.07) is 17.6. The van der Waals surface area contributed by atoms with Crippen LogP contribution in [0.3, 0.4) is 0 Å². The van der Waals surface area contributed by atoms with Gasteiger partial charge in [-0.05, 0) is 64.8 Å². The molecule has 1 saturated carbocycles. The molecule has 124 valence electrons. The molecule has 24 heavy (non-hydrogen) atoms. The molecule has 0 aromatic heterocycles. The van der Waals surface area contributed by atoms with Gasteiger partial charge in [-0.2, -0.15) is 0 Å².